The van der Waals surface area contributed by atoms with Crippen LogP contribution in [0.25, 0.3) is 0 Å². The average molecular weight is 277 g/mol. The number of carboxylic acids is 1. The van der Waals surface area contributed by atoms with Gasteiger partial charge in [0.05, 0.1) is 0 Å². The molecule has 0 bridgehead atoms. The minimum atomic E-state index is -1.12. The number of amides is 1. The predicted octanol–water partition coefficient (Wildman–Crippen LogP) is 1.80. The van der Waals surface area contributed by atoms with Crippen LogP contribution in [0.1, 0.15) is 67.0 Å². The highest BCUT2D eigenvalue weighted by Crippen LogP contribution is 2.39. The molecule has 3 N–H and O–H groups in total. The van der Waals surface area contributed by atoms with Crippen molar-refractivity contribution in [1.82, 2.24) is 15.5 Å². The summed E-state index contributed by atoms with van der Waals surface area (Å²) < 4.78 is 0. The summed E-state index contributed by atoms with van der Waals surface area (Å²) >= 11 is 0. The predicted molar refractivity (Wildman–Crippen MR) is 71.5 cm³/mol. The Bertz CT molecular complexity index is 528. The summed E-state index contributed by atoms with van der Waals surface area (Å²) in [5.74, 6) is -0.840. The van der Waals surface area contributed by atoms with Crippen molar-refractivity contribution in [3.63, 3.8) is 0 Å². The first-order chi connectivity index (χ1) is 9.61. The zero-order valence-electron chi connectivity index (χ0n) is 11.3. The Morgan fingerprint density at radius 1 is 1.30 bits per heavy atom. The van der Waals surface area contributed by atoms with E-state index in [2.05, 4.69) is 15.5 Å². The van der Waals surface area contributed by atoms with E-state index in [1.54, 1.807) is 6.07 Å². The fourth-order valence-corrected chi connectivity index (χ4v) is 2.89. The van der Waals surface area contributed by atoms with Crippen LogP contribution in [0.5, 0.6) is 0 Å². The number of nitrogens with one attached hydrogen (secondary N) is 2. The molecule has 1 aromatic rings. The summed E-state index contributed by atoms with van der Waals surface area (Å²) in [4.78, 5) is 23.7. The Morgan fingerprint density at radius 3 is 2.60 bits per heavy atom. The van der Waals surface area contributed by atoms with Gasteiger partial charge < -0.3 is 10.4 Å². The highest BCUT2D eigenvalue weighted by Gasteiger charge is 2.41. The van der Waals surface area contributed by atoms with Crippen LogP contribution < -0.4 is 5.32 Å². The van der Waals surface area contributed by atoms with Crippen LogP contribution in [0.15, 0.2) is 6.07 Å². The standard InChI is InChI=1S/C14H19N3O3/c18-12(11-8-10(16-17-11)9-4-5-9)15-14(13(19)20)6-2-1-3-7-14/h8-9H,1-7H2,(H,15,18)(H,16,17)(H,19,20). The number of hydrogen-bond donors (Lipinski definition) is 3. The summed E-state index contributed by atoms with van der Waals surface area (Å²) in [5, 5.41) is 19.0. The molecule has 0 spiro atoms. The van der Waals surface area contributed by atoms with Gasteiger partial charge in [-0.3, -0.25) is 9.89 Å². The van der Waals surface area contributed by atoms with Gasteiger partial charge in [0.15, 0.2) is 0 Å². The molecular weight excluding hydrogens is 258 g/mol. The Labute approximate surface area is 116 Å². The molecule has 2 fully saturated rings. The lowest BCUT2D eigenvalue weighted by Crippen LogP contribution is -2.55. The number of nitrogens with zero attached hydrogens (tertiary/aromatic N) is 1. The third-order valence-corrected chi connectivity index (χ3v) is 4.32. The van der Waals surface area contributed by atoms with Crippen LogP contribution in [0.4, 0.5) is 0 Å². The Kier molecular flexibility index (Phi) is 3.23. The van der Waals surface area contributed by atoms with Crippen molar-refractivity contribution >= 4 is 11.9 Å². The number of carbonyl (C=O) groups excluding carboxylic acids is 1. The number of aromatic nitrogens is 2. The maximum Gasteiger partial charge on any atom is 0.329 e. The van der Waals surface area contributed by atoms with Gasteiger partial charge in [0.25, 0.3) is 5.91 Å². The molecule has 2 aliphatic carbocycles. The lowest BCUT2D eigenvalue weighted by molar-refractivity contribution is -0.145. The molecule has 0 unspecified atom stereocenters. The molecule has 0 aliphatic heterocycles. The van der Waals surface area contributed by atoms with E-state index >= 15 is 0 Å². The number of aromatic amines is 1. The molecule has 6 heteroatoms. The normalized spacial score (nSPS) is 21.4. The van der Waals surface area contributed by atoms with Gasteiger partial charge in [-0.1, -0.05) is 19.3 Å². The molecule has 1 amide bonds. The van der Waals surface area contributed by atoms with Gasteiger partial charge in [0.1, 0.15) is 11.2 Å². The molecule has 20 heavy (non-hydrogen) atoms. The largest absolute Gasteiger partial charge is 0.480 e. The van der Waals surface area contributed by atoms with Crippen molar-refractivity contribution in [3.05, 3.63) is 17.5 Å². The quantitative estimate of drug-likeness (QED) is 0.782. The van der Waals surface area contributed by atoms with Crippen molar-refractivity contribution in [2.75, 3.05) is 0 Å². The fraction of sp³-hybridized carbons (Fsp3) is 0.643. The third kappa shape index (κ3) is 2.42. The first-order valence-corrected chi connectivity index (χ1v) is 7.22. The molecule has 0 radical (unpaired) electrons. The average Bonchev–Trinajstić information content (AvgIpc) is 3.17. The minimum Gasteiger partial charge on any atom is -0.480 e. The van der Waals surface area contributed by atoms with Crippen molar-refractivity contribution < 1.29 is 14.7 Å². The molecule has 0 atom stereocenters. The van der Waals surface area contributed by atoms with Gasteiger partial charge in [0, 0.05) is 11.6 Å². The minimum absolute atomic E-state index is 0.290. The number of carbonyl (C=O) groups is 2. The number of rotatable bonds is 4. The second-order valence-electron chi connectivity index (χ2n) is 5.88. The molecule has 3 rings (SSSR count). The molecule has 2 aliphatic rings. The second-order valence-corrected chi connectivity index (χ2v) is 5.88. The summed E-state index contributed by atoms with van der Waals surface area (Å²) in [6.07, 6.45) is 5.94. The van der Waals surface area contributed by atoms with Crippen molar-refractivity contribution in [2.45, 2.75) is 56.4 Å². The maximum atomic E-state index is 12.2. The summed E-state index contributed by atoms with van der Waals surface area (Å²) in [5.41, 5.74) is 0.148. The molecular formula is C14H19N3O3. The smallest absolute Gasteiger partial charge is 0.329 e. The van der Waals surface area contributed by atoms with E-state index in [1.165, 1.54) is 0 Å². The van der Waals surface area contributed by atoms with E-state index in [1.807, 2.05) is 0 Å². The van der Waals surface area contributed by atoms with Gasteiger partial charge in [-0.05, 0) is 31.7 Å². The fourth-order valence-electron chi connectivity index (χ4n) is 2.89. The van der Waals surface area contributed by atoms with E-state index < -0.39 is 17.4 Å². The molecule has 1 heterocycles. The lowest BCUT2D eigenvalue weighted by Gasteiger charge is -2.33. The van der Waals surface area contributed by atoms with Gasteiger partial charge >= 0.3 is 5.97 Å². The second kappa shape index (κ2) is 4.92. The monoisotopic (exact) mass is 277 g/mol. The van der Waals surface area contributed by atoms with Crippen LogP contribution in [-0.2, 0) is 4.79 Å². The highest BCUT2D eigenvalue weighted by molar-refractivity contribution is 5.96. The maximum absolute atomic E-state index is 12.2. The molecule has 6 nitrogen and oxygen atoms in total. The molecule has 0 saturated heterocycles. The summed E-state index contributed by atoms with van der Waals surface area (Å²) in [6, 6.07) is 1.74. The van der Waals surface area contributed by atoms with Crippen LogP contribution in [0.2, 0.25) is 0 Å². The zero-order chi connectivity index (χ0) is 14.2. The van der Waals surface area contributed by atoms with E-state index in [9.17, 15) is 14.7 Å². The highest BCUT2D eigenvalue weighted by atomic mass is 16.4. The van der Waals surface area contributed by atoms with Gasteiger partial charge in [-0.15, -0.1) is 0 Å². The zero-order valence-corrected chi connectivity index (χ0v) is 11.3. The van der Waals surface area contributed by atoms with Crippen LogP contribution in [0.3, 0.4) is 0 Å². The van der Waals surface area contributed by atoms with Crippen molar-refractivity contribution in [1.29, 1.82) is 0 Å². The van der Waals surface area contributed by atoms with Crippen LogP contribution in [-0.4, -0.2) is 32.7 Å². The topological polar surface area (TPSA) is 95.1 Å². The van der Waals surface area contributed by atoms with Gasteiger partial charge in [0.2, 0.25) is 0 Å². The number of aliphatic carboxylic acids is 1. The van der Waals surface area contributed by atoms with Crippen molar-refractivity contribution in [3.8, 4) is 0 Å². The molecule has 2 saturated carbocycles. The molecule has 0 aromatic carbocycles. The first kappa shape index (κ1) is 13.1. The lowest BCUT2D eigenvalue weighted by atomic mass is 9.81. The Morgan fingerprint density at radius 2 is 2.00 bits per heavy atom. The van der Waals surface area contributed by atoms with Gasteiger partial charge in [-0.2, -0.15) is 5.10 Å². The van der Waals surface area contributed by atoms with Crippen molar-refractivity contribution in [2.24, 2.45) is 0 Å². The van der Waals surface area contributed by atoms with E-state index in [0.717, 1.165) is 37.8 Å². The first-order valence-electron chi connectivity index (χ1n) is 7.22. The van der Waals surface area contributed by atoms with Crippen LogP contribution in [0, 0.1) is 0 Å². The summed E-state index contributed by atoms with van der Waals surface area (Å²) in [7, 11) is 0. The third-order valence-electron chi connectivity index (χ3n) is 4.32. The molecule has 108 valence electrons. The number of H-pyrrole nitrogens is 1. The molecule has 1 aromatic heterocycles. The SMILES string of the molecule is O=C(NC1(C(=O)O)CCCCC1)c1cc(C2CC2)[nH]n1. The van der Waals surface area contributed by atoms with E-state index in [4.69, 9.17) is 0 Å². The van der Waals surface area contributed by atoms with E-state index in [0.29, 0.717) is 18.8 Å². The van der Waals surface area contributed by atoms with Gasteiger partial charge in [-0.25, -0.2) is 4.79 Å². The Balaban J connectivity index is 1.73. The number of hydrogen-bond acceptors (Lipinski definition) is 3. The number of carboxylic acid groups (broad SMARTS) is 1. The summed E-state index contributed by atoms with van der Waals surface area (Å²) in [6.45, 7) is 0. The van der Waals surface area contributed by atoms with Crippen LogP contribution >= 0.6 is 0 Å². The van der Waals surface area contributed by atoms with E-state index in [-0.39, 0.29) is 5.69 Å². The Hall–Kier alpha value is -1.85.